The van der Waals surface area contributed by atoms with Crippen LogP contribution in [0.2, 0.25) is 5.02 Å². The van der Waals surface area contributed by atoms with Gasteiger partial charge in [0.15, 0.2) is 5.69 Å². The predicted octanol–water partition coefficient (Wildman–Crippen LogP) is 2.27. The molecule has 1 aliphatic rings. The molecule has 1 fully saturated rings. The summed E-state index contributed by atoms with van der Waals surface area (Å²) in [6.07, 6.45) is 0. The molecular weight excluding hydrogens is 356 g/mol. The number of hydrogen-bond acceptors (Lipinski definition) is 4. The Bertz CT molecular complexity index is 847. The van der Waals surface area contributed by atoms with Crippen molar-refractivity contribution in [3.05, 3.63) is 40.7 Å². The Morgan fingerprint density at radius 3 is 2.46 bits per heavy atom. The molecule has 1 aromatic heterocycles. The van der Waals surface area contributed by atoms with Crippen LogP contribution in [0.25, 0.3) is 0 Å². The number of amides is 2. The average molecular weight is 377 g/mol. The number of carbonyl (C=O) groups is 2. The predicted molar refractivity (Wildman–Crippen MR) is 98.8 cm³/mol. The fourth-order valence-corrected chi connectivity index (χ4v) is 3.26. The van der Waals surface area contributed by atoms with E-state index in [1.807, 2.05) is 12.1 Å². The van der Waals surface area contributed by atoms with Crippen LogP contribution in [-0.4, -0.2) is 52.7 Å². The molecule has 0 spiro atoms. The van der Waals surface area contributed by atoms with Crippen LogP contribution in [0.1, 0.15) is 23.1 Å². The first-order valence-electron chi connectivity index (χ1n) is 8.30. The molecule has 1 atom stereocenters. The van der Waals surface area contributed by atoms with Crippen LogP contribution >= 0.6 is 11.6 Å². The molecule has 2 amide bonds. The lowest BCUT2D eigenvalue weighted by atomic mass is 10.1. The summed E-state index contributed by atoms with van der Waals surface area (Å²) in [4.78, 5) is 28.9. The van der Waals surface area contributed by atoms with Gasteiger partial charge in [-0.05, 0) is 38.1 Å². The second-order valence-corrected chi connectivity index (χ2v) is 6.61. The number of methoxy groups -OCH3 is 1. The molecule has 0 saturated carbocycles. The number of aryl methyl sites for hydroxylation is 1. The van der Waals surface area contributed by atoms with E-state index in [2.05, 4.69) is 5.10 Å². The van der Waals surface area contributed by atoms with Crippen molar-refractivity contribution in [2.75, 3.05) is 25.1 Å². The van der Waals surface area contributed by atoms with Crippen LogP contribution in [0.3, 0.4) is 0 Å². The number of aromatic nitrogens is 2. The van der Waals surface area contributed by atoms with Crippen LogP contribution in [0, 0.1) is 6.92 Å². The van der Waals surface area contributed by atoms with Crippen LogP contribution in [0.15, 0.2) is 24.3 Å². The molecule has 1 aromatic carbocycles. The van der Waals surface area contributed by atoms with Gasteiger partial charge in [-0.3, -0.25) is 14.3 Å². The zero-order chi connectivity index (χ0) is 19.0. The highest BCUT2D eigenvalue weighted by Crippen LogP contribution is 2.26. The van der Waals surface area contributed by atoms with E-state index >= 15 is 0 Å². The molecule has 2 heterocycles. The Morgan fingerprint density at radius 1 is 1.27 bits per heavy atom. The van der Waals surface area contributed by atoms with Crippen molar-refractivity contribution in [2.45, 2.75) is 19.9 Å². The van der Waals surface area contributed by atoms with Gasteiger partial charge >= 0.3 is 0 Å². The highest BCUT2D eigenvalue weighted by molar-refractivity contribution is 6.34. The second kappa shape index (κ2) is 6.99. The summed E-state index contributed by atoms with van der Waals surface area (Å²) in [5.41, 5.74) is 1.68. The highest BCUT2D eigenvalue weighted by Gasteiger charge is 2.37. The molecule has 0 unspecified atom stereocenters. The monoisotopic (exact) mass is 376 g/mol. The van der Waals surface area contributed by atoms with Gasteiger partial charge in [0.05, 0.1) is 17.8 Å². The minimum absolute atomic E-state index is 0.140. The summed E-state index contributed by atoms with van der Waals surface area (Å²) in [5, 5.41) is 4.52. The number of rotatable bonds is 3. The maximum atomic E-state index is 12.8. The van der Waals surface area contributed by atoms with Crippen molar-refractivity contribution >= 4 is 29.1 Å². The van der Waals surface area contributed by atoms with Gasteiger partial charge in [-0.1, -0.05) is 11.6 Å². The van der Waals surface area contributed by atoms with Crippen LogP contribution in [0.5, 0.6) is 5.75 Å². The van der Waals surface area contributed by atoms with Gasteiger partial charge in [0.2, 0.25) is 5.91 Å². The summed E-state index contributed by atoms with van der Waals surface area (Å²) in [7, 11) is 3.32. The molecule has 3 rings (SSSR count). The molecule has 0 radical (unpaired) electrons. The number of nitrogens with zero attached hydrogens (tertiary/aromatic N) is 4. The number of piperazine rings is 1. The van der Waals surface area contributed by atoms with E-state index in [0.717, 1.165) is 11.4 Å². The molecule has 0 bridgehead atoms. The lowest BCUT2D eigenvalue weighted by molar-refractivity contribution is -0.124. The topological polar surface area (TPSA) is 67.7 Å². The Kier molecular flexibility index (Phi) is 4.91. The molecule has 8 heteroatoms. The van der Waals surface area contributed by atoms with Crippen molar-refractivity contribution in [1.82, 2.24) is 14.7 Å². The molecule has 2 aromatic rings. The molecular formula is C18H21ClN4O3. The van der Waals surface area contributed by atoms with E-state index in [1.54, 1.807) is 49.7 Å². The first-order chi connectivity index (χ1) is 12.3. The van der Waals surface area contributed by atoms with Gasteiger partial charge in [-0.25, -0.2) is 0 Å². The zero-order valence-electron chi connectivity index (χ0n) is 15.2. The van der Waals surface area contributed by atoms with Gasteiger partial charge < -0.3 is 14.5 Å². The van der Waals surface area contributed by atoms with E-state index < -0.39 is 6.04 Å². The SMILES string of the molecule is COc1ccc(N2CCN(C(=O)c3nn(C)c(C)c3Cl)[C@H](C)C2=O)cc1. The van der Waals surface area contributed by atoms with Gasteiger partial charge in [0.25, 0.3) is 5.91 Å². The number of carbonyl (C=O) groups excluding carboxylic acids is 2. The van der Waals surface area contributed by atoms with E-state index in [4.69, 9.17) is 16.3 Å². The van der Waals surface area contributed by atoms with Gasteiger partial charge in [-0.2, -0.15) is 5.10 Å². The van der Waals surface area contributed by atoms with Gasteiger partial charge in [0.1, 0.15) is 11.8 Å². The first kappa shape index (κ1) is 18.3. The molecule has 0 aliphatic carbocycles. The maximum Gasteiger partial charge on any atom is 0.276 e. The molecule has 7 nitrogen and oxygen atoms in total. The lowest BCUT2D eigenvalue weighted by Gasteiger charge is -2.38. The summed E-state index contributed by atoms with van der Waals surface area (Å²) in [6, 6.07) is 6.68. The Labute approximate surface area is 157 Å². The van der Waals surface area contributed by atoms with Gasteiger partial charge in [0, 0.05) is 25.8 Å². The molecule has 1 saturated heterocycles. The van der Waals surface area contributed by atoms with Crippen molar-refractivity contribution < 1.29 is 14.3 Å². The van der Waals surface area contributed by atoms with Crippen molar-refractivity contribution in [3.63, 3.8) is 0 Å². The van der Waals surface area contributed by atoms with Crippen LogP contribution in [0.4, 0.5) is 5.69 Å². The average Bonchev–Trinajstić information content (AvgIpc) is 2.91. The van der Waals surface area contributed by atoms with E-state index in [9.17, 15) is 9.59 Å². The standard InChI is InChI=1S/C18H21ClN4O3/c1-11-15(19)16(20-21(11)3)18(25)22-9-10-23(17(24)12(22)2)13-5-7-14(26-4)8-6-13/h5-8,12H,9-10H2,1-4H3/t12-/m1/s1. The van der Waals surface area contributed by atoms with E-state index in [1.165, 1.54) is 4.90 Å². The molecule has 26 heavy (non-hydrogen) atoms. The highest BCUT2D eigenvalue weighted by atomic mass is 35.5. The molecule has 138 valence electrons. The quantitative estimate of drug-likeness (QED) is 0.824. The van der Waals surface area contributed by atoms with Crippen molar-refractivity contribution in [2.24, 2.45) is 7.05 Å². The Balaban J connectivity index is 1.80. The lowest BCUT2D eigenvalue weighted by Crippen LogP contribution is -2.57. The van der Waals surface area contributed by atoms with E-state index in [0.29, 0.717) is 23.8 Å². The summed E-state index contributed by atoms with van der Waals surface area (Å²) < 4.78 is 6.71. The number of halogens is 1. The largest absolute Gasteiger partial charge is 0.497 e. The zero-order valence-corrected chi connectivity index (χ0v) is 15.9. The minimum atomic E-state index is -0.600. The third-order valence-corrected chi connectivity index (χ3v) is 5.22. The fraction of sp³-hybridized carbons (Fsp3) is 0.389. The summed E-state index contributed by atoms with van der Waals surface area (Å²) in [5.74, 6) is 0.260. The maximum absolute atomic E-state index is 12.8. The number of hydrogen-bond donors (Lipinski definition) is 0. The molecule has 1 aliphatic heterocycles. The minimum Gasteiger partial charge on any atom is -0.497 e. The Hall–Kier alpha value is -2.54. The third kappa shape index (κ3) is 3.03. The fourth-order valence-electron chi connectivity index (χ4n) is 3.02. The normalized spacial score (nSPS) is 17.6. The number of benzene rings is 1. The first-order valence-corrected chi connectivity index (χ1v) is 8.68. The number of anilines is 1. The van der Waals surface area contributed by atoms with E-state index in [-0.39, 0.29) is 17.5 Å². The van der Waals surface area contributed by atoms with Crippen LogP contribution in [-0.2, 0) is 11.8 Å². The van der Waals surface area contributed by atoms with Crippen LogP contribution < -0.4 is 9.64 Å². The summed E-state index contributed by atoms with van der Waals surface area (Å²) in [6.45, 7) is 4.33. The number of ether oxygens (including phenoxy) is 1. The van der Waals surface area contributed by atoms with Gasteiger partial charge in [-0.15, -0.1) is 0 Å². The van der Waals surface area contributed by atoms with Crippen molar-refractivity contribution in [3.8, 4) is 5.75 Å². The second-order valence-electron chi connectivity index (χ2n) is 6.23. The Morgan fingerprint density at radius 2 is 1.92 bits per heavy atom. The molecule has 0 N–H and O–H groups in total. The smallest absolute Gasteiger partial charge is 0.276 e. The third-order valence-electron chi connectivity index (χ3n) is 4.76. The van der Waals surface area contributed by atoms with Crippen molar-refractivity contribution in [1.29, 1.82) is 0 Å². The summed E-state index contributed by atoms with van der Waals surface area (Å²) >= 11 is 6.23.